The zero-order chi connectivity index (χ0) is 13.7. The van der Waals surface area contributed by atoms with E-state index in [1.807, 2.05) is 0 Å². The summed E-state index contributed by atoms with van der Waals surface area (Å²) in [5.74, 6) is -1.02. The number of aromatic nitrogens is 8. The number of rotatable bonds is 5. The Balaban J connectivity index is 1.81. The third kappa shape index (κ3) is 3.50. The van der Waals surface area contributed by atoms with Crippen LogP contribution in [0.15, 0.2) is 0 Å². The number of H-pyrrole nitrogens is 2. The van der Waals surface area contributed by atoms with Crippen LogP contribution in [0.2, 0.25) is 0 Å². The van der Waals surface area contributed by atoms with Crippen LogP contribution in [0.5, 0.6) is 0 Å². The van der Waals surface area contributed by atoms with Crippen LogP contribution in [-0.2, 0) is 9.59 Å². The zero-order valence-electron chi connectivity index (χ0n) is 9.36. The van der Waals surface area contributed by atoms with Crippen LogP contribution in [0, 0.1) is 0 Å². The van der Waals surface area contributed by atoms with Crippen molar-refractivity contribution in [3.05, 3.63) is 0 Å². The van der Waals surface area contributed by atoms with E-state index in [0.717, 1.165) is 0 Å². The molecule has 1 atom stereocenters. The van der Waals surface area contributed by atoms with Crippen molar-refractivity contribution in [2.75, 3.05) is 10.6 Å². The first kappa shape index (κ1) is 12.5. The first-order chi connectivity index (χ1) is 9.15. The highest BCUT2D eigenvalue weighted by Crippen LogP contribution is 1.98. The third-order valence-corrected chi connectivity index (χ3v) is 1.93. The molecule has 2 rings (SSSR count). The maximum atomic E-state index is 11.6. The molecule has 2 aromatic heterocycles. The highest BCUT2D eigenvalue weighted by Gasteiger charge is 2.19. The molecule has 0 bridgehead atoms. The van der Waals surface area contributed by atoms with E-state index < -0.39 is 17.9 Å². The van der Waals surface area contributed by atoms with Gasteiger partial charge in [0, 0.05) is 0 Å². The molecular formula is C6H9N11O2. The Morgan fingerprint density at radius 1 is 1.11 bits per heavy atom. The minimum atomic E-state index is -1.07. The van der Waals surface area contributed by atoms with Gasteiger partial charge in [0.25, 0.3) is 0 Å². The number of hydrogen-bond acceptors (Lipinski definition) is 9. The van der Waals surface area contributed by atoms with Crippen LogP contribution in [0.25, 0.3) is 0 Å². The smallest absolute Gasteiger partial charge is 0.246 e. The molecule has 0 aromatic carbocycles. The first-order valence-electron chi connectivity index (χ1n) is 4.99. The zero-order valence-corrected chi connectivity index (χ0v) is 9.36. The monoisotopic (exact) mass is 267 g/mol. The molecule has 13 heteroatoms. The molecule has 0 saturated carbocycles. The van der Waals surface area contributed by atoms with Gasteiger partial charge in [0.2, 0.25) is 23.7 Å². The fourth-order valence-electron chi connectivity index (χ4n) is 1.11. The molecule has 0 fully saturated rings. The normalized spacial score (nSPS) is 11.8. The molecule has 1 unspecified atom stereocenters. The number of aromatic amines is 2. The van der Waals surface area contributed by atoms with Gasteiger partial charge >= 0.3 is 0 Å². The molecule has 100 valence electrons. The lowest BCUT2D eigenvalue weighted by Crippen LogP contribution is -2.39. The summed E-state index contributed by atoms with van der Waals surface area (Å²) in [5.41, 5.74) is 5.55. The van der Waals surface area contributed by atoms with Gasteiger partial charge in [0.15, 0.2) is 0 Å². The van der Waals surface area contributed by atoms with Gasteiger partial charge in [0.05, 0.1) is 12.5 Å². The minimum absolute atomic E-state index is 0.0419. The molecule has 2 aromatic rings. The topological polar surface area (TPSA) is 193 Å². The second-order valence-electron chi connectivity index (χ2n) is 3.35. The van der Waals surface area contributed by atoms with Gasteiger partial charge in [-0.1, -0.05) is 10.2 Å². The summed E-state index contributed by atoms with van der Waals surface area (Å²) >= 11 is 0. The minimum Gasteiger partial charge on any atom is -0.319 e. The van der Waals surface area contributed by atoms with E-state index in [1.54, 1.807) is 0 Å². The molecule has 0 aliphatic carbocycles. The summed E-state index contributed by atoms with van der Waals surface area (Å²) in [4.78, 5) is 23.1. The molecule has 6 N–H and O–H groups in total. The lowest BCUT2D eigenvalue weighted by Gasteiger charge is -2.09. The van der Waals surface area contributed by atoms with Crippen LogP contribution in [0.4, 0.5) is 11.9 Å². The maximum Gasteiger partial charge on any atom is 0.246 e. The molecule has 0 aliphatic rings. The number of amides is 2. The number of tetrazole rings is 2. The highest BCUT2D eigenvalue weighted by molar-refractivity contribution is 5.98. The van der Waals surface area contributed by atoms with Crippen LogP contribution in [-0.4, -0.2) is 59.1 Å². The Bertz CT molecular complexity index is 534. The van der Waals surface area contributed by atoms with E-state index in [9.17, 15) is 9.59 Å². The fraction of sp³-hybridized carbons (Fsp3) is 0.333. The average molecular weight is 267 g/mol. The average Bonchev–Trinajstić information content (AvgIpc) is 3.01. The van der Waals surface area contributed by atoms with Crippen molar-refractivity contribution in [1.82, 2.24) is 41.2 Å². The summed E-state index contributed by atoms with van der Waals surface area (Å²) in [5, 5.41) is 29.2. The standard InChI is InChI=1S/C6H9N11O2/c7-2(4(19)9-6-12-16-17-13-6)1-3(18)8-5-10-14-15-11-5/h2H,1,7H2,(H2,8,10,11,14,15,18)(H2,9,12,13,16,17,19). The largest absolute Gasteiger partial charge is 0.319 e. The fourth-order valence-corrected chi connectivity index (χ4v) is 1.11. The number of anilines is 2. The van der Waals surface area contributed by atoms with Gasteiger partial charge in [-0.15, -0.1) is 0 Å². The Hall–Kier alpha value is -2.96. The van der Waals surface area contributed by atoms with Crippen LogP contribution in [0.3, 0.4) is 0 Å². The van der Waals surface area contributed by atoms with E-state index >= 15 is 0 Å². The lowest BCUT2D eigenvalue weighted by molar-refractivity contribution is -0.122. The molecule has 19 heavy (non-hydrogen) atoms. The van der Waals surface area contributed by atoms with Crippen LogP contribution >= 0.6 is 0 Å². The number of nitrogens with zero attached hydrogens (tertiary/aromatic N) is 6. The summed E-state index contributed by atoms with van der Waals surface area (Å²) in [6, 6.07) is -1.07. The number of nitrogens with one attached hydrogen (secondary N) is 4. The second kappa shape index (κ2) is 5.58. The van der Waals surface area contributed by atoms with E-state index in [0.29, 0.717) is 0 Å². The Kier molecular flexibility index (Phi) is 3.67. The van der Waals surface area contributed by atoms with Crippen molar-refractivity contribution in [3.63, 3.8) is 0 Å². The van der Waals surface area contributed by atoms with Crippen molar-refractivity contribution >= 4 is 23.7 Å². The molecule has 0 radical (unpaired) electrons. The molecule has 2 amide bonds. The highest BCUT2D eigenvalue weighted by atomic mass is 16.2. The summed E-state index contributed by atoms with van der Waals surface area (Å²) < 4.78 is 0. The molecule has 2 heterocycles. The molecular weight excluding hydrogens is 258 g/mol. The number of carbonyl (C=O) groups is 2. The van der Waals surface area contributed by atoms with Crippen molar-refractivity contribution < 1.29 is 9.59 Å². The number of hydrogen-bond donors (Lipinski definition) is 5. The molecule has 13 nitrogen and oxygen atoms in total. The molecule has 0 spiro atoms. The SMILES string of the molecule is NC(CC(=O)Nc1nnn[nH]1)C(=O)Nc1nnn[nH]1. The maximum absolute atomic E-state index is 11.6. The van der Waals surface area contributed by atoms with Gasteiger partial charge in [-0.2, -0.15) is 0 Å². The quantitative estimate of drug-likeness (QED) is 0.375. The van der Waals surface area contributed by atoms with Crippen LogP contribution in [0.1, 0.15) is 6.42 Å². The Labute approximate surface area is 104 Å². The van der Waals surface area contributed by atoms with Crippen molar-refractivity contribution in [2.45, 2.75) is 12.5 Å². The van der Waals surface area contributed by atoms with E-state index in [1.165, 1.54) is 0 Å². The molecule has 0 saturated heterocycles. The number of nitrogens with two attached hydrogens (primary N) is 1. The van der Waals surface area contributed by atoms with E-state index in [2.05, 4.69) is 51.9 Å². The van der Waals surface area contributed by atoms with Crippen LogP contribution < -0.4 is 16.4 Å². The molecule has 0 aliphatic heterocycles. The van der Waals surface area contributed by atoms with E-state index in [-0.39, 0.29) is 18.3 Å². The van der Waals surface area contributed by atoms with Crippen molar-refractivity contribution in [3.8, 4) is 0 Å². The summed E-state index contributed by atoms with van der Waals surface area (Å²) in [6.45, 7) is 0. The van der Waals surface area contributed by atoms with Gasteiger partial charge in [-0.3, -0.25) is 20.2 Å². The van der Waals surface area contributed by atoms with Gasteiger partial charge in [-0.05, 0) is 20.9 Å². The van der Waals surface area contributed by atoms with Gasteiger partial charge < -0.3 is 5.73 Å². The first-order valence-corrected chi connectivity index (χ1v) is 4.99. The Morgan fingerprint density at radius 2 is 1.68 bits per heavy atom. The lowest BCUT2D eigenvalue weighted by atomic mass is 10.2. The van der Waals surface area contributed by atoms with Gasteiger partial charge in [-0.25, -0.2) is 10.2 Å². The van der Waals surface area contributed by atoms with Crippen molar-refractivity contribution in [1.29, 1.82) is 0 Å². The van der Waals surface area contributed by atoms with Gasteiger partial charge in [0.1, 0.15) is 0 Å². The predicted molar refractivity (Wildman–Crippen MR) is 58.2 cm³/mol. The number of carbonyl (C=O) groups excluding carboxylic acids is 2. The predicted octanol–water partition coefficient (Wildman–Crippen LogP) is -2.99. The van der Waals surface area contributed by atoms with E-state index in [4.69, 9.17) is 5.73 Å². The third-order valence-electron chi connectivity index (χ3n) is 1.93. The second-order valence-corrected chi connectivity index (χ2v) is 3.35. The summed E-state index contributed by atoms with van der Waals surface area (Å²) in [7, 11) is 0. The summed E-state index contributed by atoms with van der Waals surface area (Å²) in [6.07, 6.45) is -0.256. The Morgan fingerprint density at radius 3 is 2.21 bits per heavy atom. The van der Waals surface area contributed by atoms with Crippen molar-refractivity contribution in [2.24, 2.45) is 5.73 Å².